The number of nitrogens with one attached hydrogen (secondary N) is 1. The Morgan fingerprint density at radius 2 is 1.96 bits per heavy atom. The van der Waals surface area contributed by atoms with E-state index in [1.54, 1.807) is 7.11 Å². The molecule has 3 rings (SSSR count). The lowest BCUT2D eigenvalue weighted by Gasteiger charge is -2.35. The Labute approximate surface area is 156 Å². The fourth-order valence-corrected chi connectivity index (χ4v) is 3.69. The number of hydrogen-bond acceptors (Lipinski definition) is 3. The number of ether oxygens (including phenoxy) is 1. The minimum Gasteiger partial charge on any atom is -0.497 e. The molecule has 0 spiro atoms. The zero-order valence-electron chi connectivity index (χ0n) is 16.1. The van der Waals surface area contributed by atoms with Crippen molar-refractivity contribution >= 4 is 5.91 Å². The first kappa shape index (κ1) is 18.5. The normalized spacial score (nSPS) is 18.4. The number of fused-ring (bicyclic) bond motifs is 1. The van der Waals surface area contributed by atoms with Crippen molar-refractivity contribution in [2.24, 2.45) is 5.92 Å². The molecule has 0 bridgehead atoms. The summed E-state index contributed by atoms with van der Waals surface area (Å²) >= 11 is 0. The van der Waals surface area contributed by atoms with Crippen LogP contribution >= 0.6 is 0 Å². The van der Waals surface area contributed by atoms with E-state index in [-0.39, 0.29) is 18.0 Å². The van der Waals surface area contributed by atoms with E-state index < -0.39 is 0 Å². The molecular weight excluding hydrogens is 326 g/mol. The van der Waals surface area contributed by atoms with E-state index >= 15 is 0 Å². The minimum atomic E-state index is -0.00244. The lowest BCUT2D eigenvalue weighted by atomic mass is 9.96. The highest BCUT2D eigenvalue weighted by molar-refractivity contribution is 5.78. The summed E-state index contributed by atoms with van der Waals surface area (Å²) in [6.45, 7) is 8.68. The van der Waals surface area contributed by atoms with Gasteiger partial charge >= 0.3 is 0 Å². The van der Waals surface area contributed by atoms with Crippen molar-refractivity contribution < 1.29 is 9.53 Å². The van der Waals surface area contributed by atoms with Gasteiger partial charge in [0.05, 0.1) is 19.7 Å². The first-order valence-electron chi connectivity index (χ1n) is 9.32. The summed E-state index contributed by atoms with van der Waals surface area (Å²) in [4.78, 5) is 15.0. The second kappa shape index (κ2) is 7.96. The van der Waals surface area contributed by atoms with Crippen LogP contribution in [0, 0.1) is 5.92 Å². The van der Waals surface area contributed by atoms with Crippen molar-refractivity contribution in [3.05, 3.63) is 53.9 Å². The Kier molecular flexibility index (Phi) is 5.67. The Bertz CT molecular complexity index is 736. The zero-order valence-corrected chi connectivity index (χ0v) is 16.1. The van der Waals surface area contributed by atoms with Crippen molar-refractivity contribution in [3.8, 4) is 5.75 Å². The number of nitrogens with zero attached hydrogens (tertiary/aromatic N) is 2. The van der Waals surface area contributed by atoms with Gasteiger partial charge < -0.3 is 14.6 Å². The first-order chi connectivity index (χ1) is 12.5. The average Bonchev–Trinajstić information content (AvgIpc) is 3.11. The summed E-state index contributed by atoms with van der Waals surface area (Å²) in [6, 6.07) is 12.4. The zero-order chi connectivity index (χ0) is 18.7. The van der Waals surface area contributed by atoms with Crippen LogP contribution in [0.25, 0.3) is 0 Å². The standard InChI is InChI=1S/C21H29N3O2/c1-15(2)21(17-7-9-18(26-4)10-8-17)22-20(25)14-24-13-12-23-11-5-6-19(23)16(24)3/h5-11,15-16,21H,12-14H2,1-4H3,(H,22,25). The van der Waals surface area contributed by atoms with E-state index in [0.29, 0.717) is 12.5 Å². The molecule has 0 aliphatic carbocycles. The van der Waals surface area contributed by atoms with Gasteiger partial charge in [-0.05, 0) is 42.7 Å². The molecule has 1 aromatic carbocycles. The third-order valence-electron chi connectivity index (χ3n) is 5.27. The van der Waals surface area contributed by atoms with Crippen LogP contribution in [0.1, 0.15) is 44.1 Å². The van der Waals surface area contributed by atoms with Crippen molar-refractivity contribution in [1.82, 2.24) is 14.8 Å². The van der Waals surface area contributed by atoms with Crippen LogP contribution < -0.4 is 10.1 Å². The Balaban J connectivity index is 1.65. The van der Waals surface area contributed by atoms with Gasteiger partial charge in [-0.1, -0.05) is 26.0 Å². The third kappa shape index (κ3) is 3.93. The molecule has 0 saturated heterocycles. The topological polar surface area (TPSA) is 46.5 Å². The maximum absolute atomic E-state index is 12.7. The number of hydrogen-bond donors (Lipinski definition) is 1. The monoisotopic (exact) mass is 355 g/mol. The first-order valence-corrected chi connectivity index (χ1v) is 9.32. The number of aromatic nitrogens is 1. The van der Waals surface area contributed by atoms with Crippen LogP contribution in [-0.2, 0) is 11.3 Å². The van der Waals surface area contributed by atoms with Gasteiger partial charge in [-0.3, -0.25) is 9.69 Å². The molecule has 2 aromatic rings. The molecule has 140 valence electrons. The molecule has 0 fully saturated rings. The molecule has 5 nitrogen and oxygen atoms in total. The minimum absolute atomic E-state index is 0.00244. The molecule has 1 N–H and O–H groups in total. The fourth-order valence-electron chi connectivity index (χ4n) is 3.69. The van der Waals surface area contributed by atoms with Crippen LogP contribution in [0.2, 0.25) is 0 Å². The number of carbonyl (C=O) groups is 1. The lowest BCUT2D eigenvalue weighted by molar-refractivity contribution is -0.124. The van der Waals surface area contributed by atoms with E-state index in [1.807, 2.05) is 24.3 Å². The second-order valence-corrected chi connectivity index (χ2v) is 7.34. The molecule has 1 aliphatic rings. The SMILES string of the molecule is COc1ccc(C(NC(=O)CN2CCn3cccc3C2C)C(C)C)cc1. The number of benzene rings is 1. The van der Waals surface area contributed by atoms with Gasteiger partial charge in [0, 0.05) is 31.0 Å². The van der Waals surface area contributed by atoms with E-state index in [2.05, 4.69) is 53.9 Å². The maximum Gasteiger partial charge on any atom is 0.234 e. The van der Waals surface area contributed by atoms with Gasteiger partial charge in [0.25, 0.3) is 0 Å². The number of amides is 1. The molecule has 1 aliphatic heterocycles. The van der Waals surface area contributed by atoms with Gasteiger partial charge in [-0.25, -0.2) is 0 Å². The summed E-state index contributed by atoms with van der Waals surface area (Å²) < 4.78 is 7.50. The van der Waals surface area contributed by atoms with Crippen LogP contribution in [0.15, 0.2) is 42.6 Å². The van der Waals surface area contributed by atoms with Gasteiger partial charge in [-0.15, -0.1) is 0 Å². The van der Waals surface area contributed by atoms with Crippen LogP contribution in [0.4, 0.5) is 0 Å². The third-order valence-corrected chi connectivity index (χ3v) is 5.27. The molecule has 0 saturated carbocycles. The lowest BCUT2D eigenvalue weighted by Crippen LogP contribution is -2.44. The van der Waals surface area contributed by atoms with Gasteiger partial charge in [0.2, 0.25) is 5.91 Å². The Morgan fingerprint density at radius 3 is 2.62 bits per heavy atom. The number of carbonyl (C=O) groups excluding carboxylic acids is 1. The molecule has 2 unspecified atom stereocenters. The van der Waals surface area contributed by atoms with E-state index in [4.69, 9.17) is 4.74 Å². The van der Waals surface area contributed by atoms with Crippen molar-refractivity contribution in [2.45, 2.75) is 39.4 Å². The number of rotatable bonds is 6. The van der Waals surface area contributed by atoms with Crippen LogP contribution in [0.3, 0.4) is 0 Å². The predicted octanol–water partition coefficient (Wildman–Crippen LogP) is 3.39. The smallest absolute Gasteiger partial charge is 0.234 e. The molecule has 0 radical (unpaired) electrons. The summed E-state index contributed by atoms with van der Waals surface area (Å²) in [6.07, 6.45) is 2.11. The Hall–Kier alpha value is -2.27. The summed E-state index contributed by atoms with van der Waals surface area (Å²) in [5.74, 6) is 1.21. The Morgan fingerprint density at radius 1 is 1.23 bits per heavy atom. The molecule has 26 heavy (non-hydrogen) atoms. The summed E-state index contributed by atoms with van der Waals surface area (Å²) in [7, 11) is 1.66. The average molecular weight is 355 g/mol. The molecule has 2 atom stereocenters. The molecule has 5 heteroatoms. The number of methoxy groups -OCH3 is 1. The van der Waals surface area contributed by atoms with E-state index in [9.17, 15) is 4.79 Å². The highest BCUT2D eigenvalue weighted by Gasteiger charge is 2.26. The summed E-state index contributed by atoms with van der Waals surface area (Å²) in [5, 5.41) is 3.23. The molecule has 2 heterocycles. The second-order valence-electron chi connectivity index (χ2n) is 7.34. The van der Waals surface area contributed by atoms with Gasteiger partial charge in [-0.2, -0.15) is 0 Å². The highest BCUT2D eigenvalue weighted by atomic mass is 16.5. The molecule has 1 amide bonds. The quantitative estimate of drug-likeness (QED) is 0.864. The van der Waals surface area contributed by atoms with Crippen molar-refractivity contribution in [3.63, 3.8) is 0 Å². The maximum atomic E-state index is 12.7. The van der Waals surface area contributed by atoms with Gasteiger partial charge in [0.1, 0.15) is 5.75 Å². The molecular formula is C21H29N3O2. The van der Waals surface area contributed by atoms with Crippen molar-refractivity contribution in [2.75, 3.05) is 20.2 Å². The van der Waals surface area contributed by atoms with Crippen molar-refractivity contribution in [1.29, 1.82) is 0 Å². The largest absolute Gasteiger partial charge is 0.497 e. The highest BCUT2D eigenvalue weighted by Crippen LogP contribution is 2.26. The molecule has 1 aromatic heterocycles. The van der Waals surface area contributed by atoms with Crippen LogP contribution in [0.5, 0.6) is 5.75 Å². The fraction of sp³-hybridized carbons (Fsp3) is 0.476. The predicted molar refractivity (Wildman–Crippen MR) is 103 cm³/mol. The summed E-state index contributed by atoms with van der Waals surface area (Å²) in [5.41, 5.74) is 2.38. The van der Waals surface area contributed by atoms with Gasteiger partial charge in [0.15, 0.2) is 0 Å². The van der Waals surface area contributed by atoms with E-state index in [1.165, 1.54) is 5.69 Å². The van der Waals surface area contributed by atoms with E-state index in [0.717, 1.165) is 24.4 Å². The van der Waals surface area contributed by atoms with Crippen LogP contribution in [-0.4, -0.2) is 35.6 Å².